The third-order valence-electron chi connectivity index (χ3n) is 4.54. The molecule has 0 radical (unpaired) electrons. The van der Waals surface area contributed by atoms with E-state index in [1.807, 2.05) is 19.1 Å². The number of nitrogens with zero attached hydrogens (tertiary/aromatic N) is 4. The average molecular weight is 525 g/mol. The van der Waals surface area contributed by atoms with Gasteiger partial charge in [-0.05, 0) is 0 Å². The van der Waals surface area contributed by atoms with Crippen LogP contribution in [0.2, 0.25) is 0 Å². The number of aryl methyl sites for hydroxylation is 1. The molecule has 0 fully saturated rings. The van der Waals surface area contributed by atoms with E-state index < -0.39 is 25.6 Å². The Hall–Kier alpha value is -2.22. The summed E-state index contributed by atoms with van der Waals surface area (Å²) in [4.78, 5) is 20.6. The van der Waals surface area contributed by atoms with Crippen molar-refractivity contribution >= 4 is 21.8 Å². The standard InChI is InChI=1S/C18H19IN6O3P/c1-2-14-22-17-16(18(26)23-14)21-10-25(17)6-7-28-11-29(27)19-8-12-4-3-5-13(9-20)15(12)24-29/h3-5,10H,2,6-8,11H2,1H3,(H,24,27)(H,22,23,26)/q-1. The molecular formula is C18H19IN6O3P-. The maximum atomic E-state index is 13.2. The van der Waals surface area contributed by atoms with Gasteiger partial charge in [0.1, 0.15) is 0 Å². The zero-order valence-electron chi connectivity index (χ0n) is 15.7. The van der Waals surface area contributed by atoms with E-state index in [-0.39, 0.29) is 11.9 Å². The predicted molar refractivity (Wildman–Crippen MR) is 104 cm³/mol. The number of ether oxygens (including phenoxy) is 1. The van der Waals surface area contributed by atoms with Crippen LogP contribution in [-0.2, 0) is 26.7 Å². The molecular weight excluding hydrogens is 506 g/mol. The quantitative estimate of drug-likeness (QED) is 0.191. The van der Waals surface area contributed by atoms with E-state index in [0.717, 1.165) is 9.99 Å². The molecule has 9 nitrogen and oxygen atoms in total. The molecule has 1 unspecified atom stereocenters. The Labute approximate surface area is 176 Å². The molecule has 0 saturated carbocycles. The van der Waals surface area contributed by atoms with Gasteiger partial charge in [-0.15, -0.1) is 0 Å². The molecule has 0 bridgehead atoms. The normalized spacial score (nSPS) is 18.5. The Bertz CT molecular complexity index is 1210. The fourth-order valence-electron chi connectivity index (χ4n) is 3.04. The Morgan fingerprint density at radius 3 is 3.10 bits per heavy atom. The molecule has 1 aromatic carbocycles. The van der Waals surface area contributed by atoms with Gasteiger partial charge < -0.3 is 0 Å². The van der Waals surface area contributed by atoms with Crippen LogP contribution < -0.4 is 31.3 Å². The Balaban J connectivity index is 1.41. The molecule has 11 heteroatoms. The van der Waals surface area contributed by atoms with Gasteiger partial charge in [-0.2, -0.15) is 0 Å². The van der Waals surface area contributed by atoms with Crippen LogP contribution in [0.1, 0.15) is 23.9 Å². The molecule has 0 aliphatic carbocycles. The first kappa shape index (κ1) is 20.1. The van der Waals surface area contributed by atoms with Crippen molar-refractivity contribution in [1.82, 2.24) is 19.5 Å². The van der Waals surface area contributed by atoms with Gasteiger partial charge in [0.15, 0.2) is 0 Å². The number of H-pyrrole nitrogens is 1. The van der Waals surface area contributed by atoms with Gasteiger partial charge in [0.2, 0.25) is 0 Å². The van der Waals surface area contributed by atoms with Crippen molar-refractivity contribution in [2.24, 2.45) is 0 Å². The van der Waals surface area contributed by atoms with Gasteiger partial charge >= 0.3 is 177 Å². The van der Waals surface area contributed by atoms with Gasteiger partial charge in [0.25, 0.3) is 0 Å². The molecule has 0 amide bonds. The number of hydrogen-bond donors (Lipinski definition) is 2. The summed E-state index contributed by atoms with van der Waals surface area (Å²) in [6.07, 6.45) is 2.32. The summed E-state index contributed by atoms with van der Waals surface area (Å²) < 4.78 is 21.5. The van der Waals surface area contributed by atoms with Crippen LogP contribution >= 0.6 is 4.94 Å². The number of imidazole rings is 1. The average Bonchev–Trinajstić information content (AvgIpc) is 3.14. The van der Waals surface area contributed by atoms with Gasteiger partial charge in [0.05, 0.1) is 0 Å². The molecule has 0 saturated heterocycles. The maximum absolute atomic E-state index is 13.2. The van der Waals surface area contributed by atoms with Crippen LogP contribution in [0.4, 0.5) is 5.69 Å². The Morgan fingerprint density at radius 2 is 2.31 bits per heavy atom. The van der Waals surface area contributed by atoms with Gasteiger partial charge in [-0.25, -0.2) is 0 Å². The molecule has 1 aliphatic heterocycles. The molecule has 3 aromatic rings. The zero-order valence-corrected chi connectivity index (χ0v) is 18.7. The van der Waals surface area contributed by atoms with Crippen LogP contribution in [-0.4, -0.2) is 32.5 Å². The van der Waals surface area contributed by atoms with E-state index in [4.69, 9.17) is 4.74 Å². The number of anilines is 1. The van der Waals surface area contributed by atoms with Crippen LogP contribution in [0.3, 0.4) is 0 Å². The second kappa shape index (κ2) is 8.26. The number of aromatic amines is 1. The fraction of sp³-hybridized carbons (Fsp3) is 0.333. The first-order chi connectivity index (χ1) is 14.0. The van der Waals surface area contributed by atoms with E-state index in [9.17, 15) is 14.6 Å². The van der Waals surface area contributed by atoms with Gasteiger partial charge in [-0.1, -0.05) is 0 Å². The van der Waals surface area contributed by atoms with Crippen LogP contribution in [0, 0.1) is 11.3 Å². The molecule has 29 heavy (non-hydrogen) atoms. The summed E-state index contributed by atoms with van der Waals surface area (Å²) in [5, 5.41) is 12.4. The third-order valence-corrected chi connectivity index (χ3v) is 12.8. The van der Waals surface area contributed by atoms with Crippen LogP contribution in [0.5, 0.6) is 0 Å². The third kappa shape index (κ3) is 4.08. The SMILES string of the molecule is CCc1nc2c(ncn2CCOCP2(=O)Nc3c(C#N)cccc3C[I-]2)c(=O)[nH]1. The number of nitriles is 1. The Morgan fingerprint density at radius 1 is 1.45 bits per heavy atom. The van der Waals surface area contributed by atoms with Crippen LogP contribution in [0.25, 0.3) is 11.2 Å². The van der Waals surface area contributed by atoms with E-state index in [0.29, 0.717) is 47.8 Å². The number of fused-ring (bicyclic) bond motifs is 2. The van der Waals surface area contributed by atoms with Crippen molar-refractivity contribution in [3.63, 3.8) is 0 Å². The molecule has 3 heterocycles. The van der Waals surface area contributed by atoms with E-state index in [1.165, 1.54) is 0 Å². The van der Waals surface area contributed by atoms with E-state index in [2.05, 4.69) is 26.1 Å². The molecule has 4 rings (SSSR count). The molecule has 1 aliphatic rings. The fourth-order valence-corrected chi connectivity index (χ4v) is 10.3. The monoisotopic (exact) mass is 525 g/mol. The minimum atomic E-state index is -2.67. The summed E-state index contributed by atoms with van der Waals surface area (Å²) in [7, 11) is 0. The van der Waals surface area contributed by atoms with Gasteiger partial charge in [0, 0.05) is 0 Å². The first-order valence-electron chi connectivity index (χ1n) is 9.05. The topological polar surface area (TPSA) is 126 Å². The molecule has 0 spiro atoms. The number of benzene rings is 1. The molecule has 2 aromatic heterocycles. The van der Waals surface area contributed by atoms with E-state index in [1.54, 1.807) is 17.0 Å². The second-order valence-electron chi connectivity index (χ2n) is 6.48. The van der Waals surface area contributed by atoms with E-state index >= 15 is 0 Å². The molecule has 1 atom stereocenters. The van der Waals surface area contributed by atoms with Crippen molar-refractivity contribution in [2.45, 2.75) is 24.3 Å². The minimum absolute atomic E-state index is 0.125. The summed E-state index contributed by atoms with van der Waals surface area (Å²) in [5.41, 5.74) is 2.82. The van der Waals surface area contributed by atoms with Crippen molar-refractivity contribution in [3.8, 4) is 6.07 Å². The van der Waals surface area contributed by atoms with Crippen molar-refractivity contribution < 1.29 is 30.0 Å². The van der Waals surface area contributed by atoms with Crippen LogP contribution in [0.15, 0.2) is 29.3 Å². The van der Waals surface area contributed by atoms with Crippen molar-refractivity contribution in [3.05, 3.63) is 51.8 Å². The van der Waals surface area contributed by atoms with Gasteiger partial charge in [-0.3, -0.25) is 0 Å². The summed E-state index contributed by atoms with van der Waals surface area (Å²) in [5.74, 6) is 0.609. The predicted octanol–water partition coefficient (Wildman–Crippen LogP) is -0.564. The molecule has 152 valence electrons. The number of hydrogen-bond acceptors (Lipinski definition) is 6. The number of rotatable bonds is 6. The Kier molecular flexibility index (Phi) is 5.72. The first-order valence-corrected chi connectivity index (χ1v) is 15.3. The number of alkyl halides is 1. The second-order valence-corrected chi connectivity index (χ2v) is 16.0. The summed E-state index contributed by atoms with van der Waals surface area (Å²) in [6, 6.07) is 7.70. The number of para-hydroxylation sites is 1. The zero-order chi connectivity index (χ0) is 20.4. The number of aromatic nitrogens is 4. The summed E-state index contributed by atoms with van der Waals surface area (Å²) in [6.45, 7) is 2.69. The van der Waals surface area contributed by atoms with Crippen molar-refractivity contribution in [1.29, 1.82) is 5.26 Å². The summed E-state index contributed by atoms with van der Waals surface area (Å²) >= 11 is -0.612. The molecule has 2 N–H and O–H groups in total. The van der Waals surface area contributed by atoms with Crippen molar-refractivity contribution in [2.75, 3.05) is 18.0 Å². The number of nitrogens with one attached hydrogen (secondary N) is 2. The number of halogens is 1.